The molecule has 118 valence electrons. The Morgan fingerprint density at radius 1 is 1.25 bits per heavy atom. The average Bonchev–Trinajstić information content (AvgIpc) is 2.95. The number of rotatable bonds is 8. The van der Waals surface area contributed by atoms with Gasteiger partial charge in [0.2, 0.25) is 0 Å². The van der Waals surface area contributed by atoms with Gasteiger partial charge in [-0.05, 0) is 56.4 Å². The van der Waals surface area contributed by atoms with E-state index in [1.165, 1.54) is 25.7 Å². The first kappa shape index (κ1) is 16.1. The van der Waals surface area contributed by atoms with Crippen LogP contribution in [0.4, 0.5) is 13.2 Å². The Bertz CT molecular complexity index is 295. The highest BCUT2D eigenvalue weighted by Crippen LogP contribution is 2.49. The predicted molar refractivity (Wildman–Crippen MR) is 72.5 cm³/mol. The normalized spacial score (nSPS) is 30.9. The maximum absolute atomic E-state index is 12.0. The van der Waals surface area contributed by atoms with E-state index in [2.05, 4.69) is 5.32 Å². The van der Waals surface area contributed by atoms with E-state index in [1.54, 1.807) is 0 Å². The van der Waals surface area contributed by atoms with Crippen LogP contribution in [0.2, 0.25) is 0 Å². The van der Waals surface area contributed by atoms with Crippen LogP contribution in [0.25, 0.3) is 0 Å². The second-order valence-corrected chi connectivity index (χ2v) is 6.38. The Morgan fingerprint density at radius 2 is 2.05 bits per heavy atom. The second kappa shape index (κ2) is 7.12. The molecule has 2 saturated carbocycles. The van der Waals surface area contributed by atoms with Gasteiger partial charge in [0.25, 0.3) is 0 Å². The van der Waals surface area contributed by atoms with Crippen LogP contribution in [-0.2, 0) is 4.74 Å². The number of ether oxygens (including phenoxy) is 1. The first-order valence-electron chi connectivity index (χ1n) is 7.85. The second-order valence-electron chi connectivity index (χ2n) is 6.38. The van der Waals surface area contributed by atoms with E-state index in [0.29, 0.717) is 12.5 Å². The van der Waals surface area contributed by atoms with Crippen LogP contribution < -0.4 is 5.32 Å². The van der Waals surface area contributed by atoms with Gasteiger partial charge in [0.1, 0.15) is 6.61 Å². The van der Waals surface area contributed by atoms with Crippen LogP contribution in [-0.4, -0.2) is 32.0 Å². The number of hydrogen-bond donors (Lipinski definition) is 1. The van der Waals surface area contributed by atoms with Crippen LogP contribution in [0.15, 0.2) is 0 Å². The molecule has 2 bridgehead atoms. The van der Waals surface area contributed by atoms with Crippen molar-refractivity contribution in [3.05, 3.63) is 0 Å². The Morgan fingerprint density at radius 3 is 2.60 bits per heavy atom. The van der Waals surface area contributed by atoms with E-state index in [4.69, 9.17) is 4.74 Å². The zero-order chi connectivity index (χ0) is 14.6. The molecule has 0 heterocycles. The lowest BCUT2D eigenvalue weighted by Gasteiger charge is -2.27. The molecule has 2 rings (SSSR count). The van der Waals surface area contributed by atoms with E-state index < -0.39 is 12.8 Å². The fraction of sp³-hybridized carbons (Fsp3) is 1.00. The SMILES string of the molecule is CCNC(CCOCC(F)(F)F)CC1CC2CCC1C2. The van der Waals surface area contributed by atoms with Crippen LogP contribution in [0, 0.1) is 17.8 Å². The first-order valence-corrected chi connectivity index (χ1v) is 7.85. The molecule has 0 aromatic rings. The van der Waals surface area contributed by atoms with Crippen molar-refractivity contribution in [1.82, 2.24) is 5.32 Å². The third-order valence-corrected chi connectivity index (χ3v) is 4.84. The molecule has 0 saturated heterocycles. The molecule has 2 aliphatic carbocycles. The van der Waals surface area contributed by atoms with Crippen molar-refractivity contribution in [2.24, 2.45) is 17.8 Å². The largest absolute Gasteiger partial charge is 0.411 e. The summed E-state index contributed by atoms with van der Waals surface area (Å²) in [5.74, 6) is 2.58. The molecule has 2 fully saturated rings. The maximum Gasteiger partial charge on any atom is 0.411 e. The molecule has 0 aliphatic heterocycles. The number of nitrogens with one attached hydrogen (secondary N) is 1. The summed E-state index contributed by atoms with van der Waals surface area (Å²) in [4.78, 5) is 0. The van der Waals surface area contributed by atoms with Gasteiger partial charge in [0, 0.05) is 12.6 Å². The van der Waals surface area contributed by atoms with E-state index in [0.717, 1.165) is 30.7 Å². The van der Waals surface area contributed by atoms with Crippen LogP contribution in [0.5, 0.6) is 0 Å². The summed E-state index contributed by atoms with van der Waals surface area (Å²) in [5, 5.41) is 3.41. The summed E-state index contributed by atoms with van der Waals surface area (Å²) < 4.78 is 40.8. The molecule has 0 aromatic carbocycles. The van der Waals surface area contributed by atoms with Crippen LogP contribution in [0.1, 0.15) is 45.4 Å². The summed E-state index contributed by atoms with van der Waals surface area (Å²) in [5.41, 5.74) is 0. The molecule has 0 amide bonds. The Labute approximate surface area is 119 Å². The highest BCUT2D eigenvalue weighted by molar-refractivity contribution is 4.91. The van der Waals surface area contributed by atoms with Crippen LogP contribution in [0.3, 0.4) is 0 Å². The molecule has 4 atom stereocenters. The van der Waals surface area contributed by atoms with Crippen molar-refractivity contribution in [1.29, 1.82) is 0 Å². The standard InChI is InChI=1S/C15H26F3NO/c1-2-19-14(5-6-20-10-15(16,17)18)9-13-8-11-3-4-12(13)7-11/h11-14,19H,2-10H2,1H3. The van der Waals surface area contributed by atoms with Gasteiger partial charge in [-0.15, -0.1) is 0 Å². The monoisotopic (exact) mass is 293 g/mol. The van der Waals surface area contributed by atoms with Crippen molar-refractivity contribution in [3.8, 4) is 0 Å². The van der Waals surface area contributed by atoms with E-state index in [1.807, 2.05) is 6.92 Å². The minimum Gasteiger partial charge on any atom is -0.372 e. The molecule has 2 nitrogen and oxygen atoms in total. The molecule has 0 radical (unpaired) electrons. The third-order valence-electron chi connectivity index (χ3n) is 4.84. The molecule has 5 heteroatoms. The molecule has 4 unspecified atom stereocenters. The van der Waals surface area contributed by atoms with Gasteiger partial charge in [0.15, 0.2) is 0 Å². The summed E-state index contributed by atoms with van der Waals surface area (Å²) in [6.07, 6.45) is 3.03. The quantitative estimate of drug-likeness (QED) is 0.688. The molecule has 0 aromatic heterocycles. The van der Waals surface area contributed by atoms with Crippen molar-refractivity contribution in [2.75, 3.05) is 19.8 Å². The molecule has 0 spiro atoms. The average molecular weight is 293 g/mol. The Kier molecular flexibility index (Phi) is 5.73. The van der Waals surface area contributed by atoms with Gasteiger partial charge in [0.05, 0.1) is 0 Å². The lowest BCUT2D eigenvalue weighted by atomic mass is 9.83. The van der Waals surface area contributed by atoms with Gasteiger partial charge in [-0.25, -0.2) is 0 Å². The number of alkyl halides is 3. The van der Waals surface area contributed by atoms with Crippen molar-refractivity contribution in [2.45, 2.75) is 57.7 Å². The zero-order valence-electron chi connectivity index (χ0n) is 12.2. The minimum atomic E-state index is -4.21. The minimum absolute atomic E-state index is 0.192. The molecular weight excluding hydrogens is 267 g/mol. The third kappa shape index (κ3) is 4.92. The van der Waals surface area contributed by atoms with E-state index in [9.17, 15) is 13.2 Å². The van der Waals surface area contributed by atoms with Crippen molar-refractivity contribution >= 4 is 0 Å². The molecule has 1 N–H and O–H groups in total. The topological polar surface area (TPSA) is 21.3 Å². The van der Waals surface area contributed by atoms with Gasteiger partial charge < -0.3 is 10.1 Å². The summed E-state index contributed by atoms with van der Waals surface area (Å²) in [7, 11) is 0. The van der Waals surface area contributed by atoms with Crippen molar-refractivity contribution < 1.29 is 17.9 Å². The van der Waals surface area contributed by atoms with Crippen molar-refractivity contribution in [3.63, 3.8) is 0 Å². The summed E-state index contributed by atoms with van der Waals surface area (Å²) in [6, 6.07) is 0.303. The first-order chi connectivity index (χ1) is 9.48. The molecular formula is C15H26F3NO. The molecule has 20 heavy (non-hydrogen) atoms. The van der Waals surface area contributed by atoms with E-state index >= 15 is 0 Å². The highest BCUT2D eigenvalue weighted by Gasteiger charge is 2.39. The molecule has 2 aliphatic rings. The van der Waals surface area contributed by atoms with Gasteiger partial charge in [-0.3, -0.25) is 0 Å². The Balaban J connectivity index is 1.67. The smallest absolute Gasteiger partial charge is 0.372 e. The Hall–Kier alpha value is -0.290. The van der Waals surface area contributed by atoms with Gasteiger partial charge in [-0.2, -0.15) is 13.2 Å². The number of fused-ring (bicyclic) bond motifs is 2. The highest BCUT2D eigenvalue weighted by atomic mass is 19.4. The number of hydrogen-bond acceptors (Lipinski definition) is 2. The van der Waals surface area contributed by atoms with E-state index in [-0.39, 0.29) is 6.61 Å². The summed E-state index contributed by atoms with van der Waals surface area (Å²) in [6.45, 7) is 1.98. The lowest BCUT2D eigenvalue weighted by Crippen LogP contribution is -2.33. The zero-order valence-corrected chi connectivity index (χ0v) is 12.2. The van der Waals surface area contributed by atoms with Gasteiger partial charge >= 0.3 is 6.18 Å². The fourth-order valence-corrected chi connectivity index (χ4v) is 4.04. The van der Waals surface area contributed by atoms with Crippen LogP contribution >= 0.6 is 0 Å². The maximum atomic E-state index is 12.0. The fourth-order valence-electron chi connectivity index (χ4n) is 4.04. The summed E-state index contributed by atoms with van der Waals surface area (Å²) >= 11 is 0. The predicted octanol–water partition coefficient (Wildman–Crippen LogP) is 3.76. The lowest BCUT2D eigenvalue weighted by molar-refractivity contribution is -0.174. The number of halogens is 3. The van der Waals surface area contributed by atoms with Gasteiger partial charge in [-0.1, -0.05) is 13.3 Å².